The standard InChI is InChI=1S/C29H28N2O6/c1-2-17-36-22-15-13-21(14-16-22)30-28(34)25-26(20-11-7-4-8-12-20)31(37-27(25)29(30)35)23(18-24(32)33)19-9-5-3-6-10-19/h3-16,23,25-27H,2,17-18H2,1H3,(H,32,33)/t23-,25+,26+,27-/m0/s1. The van der Waals surface area contributed by atoms with E-state index in [9.17, 15) is 19.5 Å². The van der Waals surface area contributed by atoms with E-state index in [-0.39, 0.29) is 12.3 Å². The number of aliphatic carboxylic acids is 1. The van der Waals surface area contributed by atoms with Crippen molar-refractivity contribution in [2.24, 2.45) is 5.92 Å². The van der Waals surface area contributed by atoms with Crippen molar-refractivity contribution < 1.29 is 29.1 Å². The highest BCUT2D eigenvalue weighted by atomic mass is 16.7. The third kappa shape index (κ3) is 4.73. The molecule has 190 valence electrons. The van der Waals surface area contributed by atoms with Crippen LogP contribution in [0.3, 0.4) is 0 Å². The van der Waals surface area contributed by atoms with Crippen molar-refractivity contribution in [1.29, 1.82) is 0 Å². The lowest BCUT2D eigenvalue weighted by atomic mass is 9.89. The van der Waals surface area contributed by atoms with Crippen molar-refractivity contribution in [3.05, 3.63) is 96.1 Å². The van der Waals surface area contributed by atoms with E-state index in [4.69, 9.17) is 9.57 Å². The predicted octanol–water partition coefficient (Wildman–Crippen LogP) is 4.54. The Morgan fingerprint density at radius 1 is 0.946 bits per heavy atom. The SMILES string of the molecule is CCCOc1ccc(N2C(=O)[C@H]3[C@H](ON([C@@H](CC(=O)O)c4ccccc4)[C@@H]3c3ccccc3)C2=O)cc1. The minimum atomic E-state index is -1.06. The second-order valence-corrected chi connectivity index (χ2v) is 9.15. The van der Waals surface area contributed by atoms with E-state index in [2.05, 4.69) is 0 Å². The van der Waals surface area contributed by atoms with E-state index in [0.717, 1.165) is 17.5 Å². The Morgan fingerprint density at radius 3 is 2.22 bits per heavy atom. The number of hydroxylamine groups is 2. The normalized spacial score (nSPS) is 22.2. The summed E-state index contributed by atoms with van der Waals surface area (Å²) in [6.45, 7) is 2.59. The van der Waals surface area contributed by atoms with Crippen LogP contribution in [0, 0.1) is 5.92 Å². The number of amides is 2. The highest BCUT2D eigenvalue weighted by Gasteiger charge is 2.61. The minimum absolute atomic E-state index is 0.252. The number of hydrogen-bond donors (Lipinski definition) is 1. The molecule has 2 saturated heterocycles. The molecular formula is C29H28N2O6. The fourth-order valence-corrected chi connectivity index (χ4v) is 5.07. The number of carbonyl (C=O) groups excluding carboxylic acids is 2. The van der Waals surface area contributed by atoms with Crippen molar-refractivity contribution in [2.75, 3.05) is 11.5 Å². The first-order valence-corrected chi connectivity index (χ1v) is 12.4. The smallest absolute Gasteiger partial charge is 0.305 e. The lowest BCUT2D eigenvalue weighted by Gasteiger charge is -2.33. The highest BCUT2D eigenvalue weighted by molar-refractivity contribution is 6.23. The summed E-state index contributed by atoms with van der Waals surface area (Å²) in [6.07, 6.45) is -0.443. The first-order valence-electron chi connectivity index (χ1n) is 12.4. The van der Waals surface area contributed by atoms with Gasteiger partial charge in [0.05, 0.1) is 36.7 Å². The molecule has 2 amide bonds. The van der Waals surface area contributed by atoms with Crippen LogP contribution in [0.15, 0.2) is 84.9 Å². The Hall–Kier alpha value is -4.01. The van der Waals surface area contributed by atoms with Gasteiger partial charge in [-0.25, -0.2) is 4.90 Å². The first kappa shape index (κ1) is 24.7. The van der Waals surface area contributed by atoms with Gasteiger partial charge in [0.25, 0.3) is 5.91 Å². The molecule has 5 rings (SSSR count). The molecule has 0 unspecified atom stereocenters. The number of ether oxygens (including phenoxy) is 1. The molecule has 8 nitrogen and oxygen atoms in total. The van der Waals surface area contributed by atoms with Gasteiger partial charge >= 0.3 is 5.97 Å². The van der Waals surface area contributed by atoms with Crippen LogP contribution < -0.4 is 9.64 Å². The summed E-state index contributed by atoms with van der Waals surface area (Å²) < 4.78 is 5.62. The molecule has 0 spiro atoms. The molecule has 8 heteroatoms. The molecule has 2 aliphatic heterocycles. The van der Waals surface area contributed by atoms with Crippen molar-refractivity contribution in [3.8, 4) is 5.75 Å². The maximum Gasteiger partial charge on any atom is 0.305 e. The first-order chi connectivity index (χ1) is 18.0. The summed E-state index contributed by atoms with van der Waals surface area (Å²) in [4.78, 5) is 46.6. The van der Waals surface area contributed by atoms with E-state index < -0.39 is 36.0 Å². The average Bonchev–Trinajstić information content (AvgIpc) is 3.42. The quantitative estimate of drug-likeness (QED) is 0.431. The van der Waals surface area contributed by atoms with E-state index in [0.29, 0.717) is 18.0 Å². The molecule has 0 saturated carbocycles. The molecule has 0 aliphatic carbocycles. The van der Waals surface area contributed by atoms with Gasteiger partial charge in [0.1, 0.15) is 5.75 Å². The van der Waals surface area contributed by atoms with Crippen LogP contribution in [-0.4, -0.2) is 40.7 Å². The van der Waals surface area contributed by atoms with Crippen LogP contribution >= 0.6 is 0 Å². The highest BCUT2D eigenvalue weighted by Crippen LogP contribution is 2.49. The number of anilines is 1. The summed E-state index contributed by atoms with van der Waals surface area (Å²) in [5.41, 5.74) is 1.94. The zero-order chi connectivity index (χ0) is 25.9. The summed E-state index contributed by atoms with van der Waals surface area (Å²) in [5.74, 6) is -2.02. The Morgan fingerprint density at radius 2 is 1.59 bits per heavy atom. The molecule has 3 aromatic rings. The molecule has 4 atom stereocenters. The maximum atomic E-state index is 13.8. The molecule has 2 heterocycles. The number of carbonyl (C=O) groups is 3. The number of nitrogens with zero attached hydrogens (tertiary/aromatic N) is 2. The molecule has 1 N–H and O–H groups in total. The minimum Gasteiger partial charge on any atom is -0.494 e. The van der Waals surface area contributed by atoms with E-state index >= 15 is 0 Å². The van der Waals surface area contributed by atoms with Gasteiger partial charge in [0.15, 0.2) is 6.10 Å². The second-order valence-electron chi connectivity index (χ2n) is 9.15. The number of carboxylic acid groups (broad SMARTS) is 1. The van der Waals surface area contributed by atoms with Gasteiger partial charge in [0, 0.05) is 0 Å². The molecule has 2 aliphatic rings. The van der Waals surface area contributed by atoms with Gasteiger partial charge < -0.3 is 9.84 Å². The number of imide groups is 1. The number of benzene rings is 3. The summed E-state index contributed by atoms with van der Waals surface area (Å²) in [7, 11) is 0. The van der Waals surface area contributed by atoms with E-state index in [1.165, 1.54) is 4.90 Å². The molecule has 3 aromatic carbocycles. The van der Waals surface area contributed by atoms with Gasteiger partial charge in [0.2, 0.25) is 5.91 Å². The molecule has 0 radical (unpaired) electrons. The van der Waals surface area contributed by atoms with Crippen molar-refractivity contribution in [2.45, 2.75) is 38.0 Å². The Kier molecular flexibility index (Phi) is 7.03. The van der Waals surface area contributed by atoms with E-state index in [1.807, 2.05) is 67.6 Å². The molecule has 2 fully saturated rings. The van der Waals surface area contributed by atoms with Crippen LogP contribution in [0.2, 0.25) is 0 Å². The van der Waals surface area contributed by atoms with Gasteiger partial charge in [-0.1, -0.05) is 67.6 Å². The lowest BCUT2D eigenvalue weighted by molar-refractivity contribution is -0.197. The average molecular weight is 501 g/mol. The fourth-order valence-electron chi connectivity index (χ4n) is 5.07. The van der Waals surface area contributed by atoms with Gasteiger partial charge in [-0.15, -0.1) is 0 Å². The molecule has 0 bridgehead atoms. The van der Waals surface area contributed by atoms with E-state index in [1.54, 1.807) is 29.3 Å². The molecule has 0 aromatic heterocycles. The molecular weight excluding hydrogens is 472 g/mol. The third-order valence-corrected chi connectivity index (χ3v) is 6.71. The van der Waals surface area contributed by atoms with Crippen molar-refractivity contribution in [1.82, 2.24) is 5.06 Å². The van der Waals surface area contributed by atoms with Crippen LogP contribution in [0.5, 0.6) is 5.75 Å². The van der Waals surface area contributed by atoms with Gasteiger partial charge in [-0.2, -0.15) is 5.06 Å². The van der Waals surface area contributed by atoms with Crippen LogP contribution in [0.1, 0.15) is 43.0 Å². The zero-order valence-electron chi connectivity index (χ0n) is 20.4. The number of rotatable bonds is 9. The molecule has 37 heavy (non-hydrogen) atoms. The van der Waals surface area contributed by atoms with Crippen LogP contribution in [0.25, 0.3) is 0 Å². The van der Waals surface area contributed by atoms with Gasteiger partial charge in [-0.3, -0.25) is 19.2 Å². The number of fused-ring (bicyclic) bond motifs is 1. The summed E-state index contributed by atoms with van der Waals surface area (Å²) >= 11 is 0. The van der Waals surface area contributed by atoms with Crippen molar-refractivity contribution in [3.63, 3.8) is 0 Å². The Labute approximate surface area is 215 Å². The van der Waals surface area contributed by atoms with Crippen molar-refractivity contribution >= 4 is 23.5 Å². The summed E-state index contributed by atoms with van der Waals surface area (Å²) in [5, 5.41) is 11.2. The third-order valence-electron chi connectivity index (χ3n) is 6.71. The second kappa shape index (κ2) is 10.5. The largest absolute Gasteiger partial charge is 0.494 e. The fraction of sp³-hybridized carbons (Fsp3) is 0.276. The zero-order valence-corrected chi connectivity index (χ0v) is 20.4. The number of hydrogen-bond acceptors (Lipinski definition) is 6. The lowest BCUT2D eigenvalue weighted by Crippen LogP contribution is -2.39. The summed E-state index contributed by atoms with van der Waals surface area (Å²) in [6, 6.07) is 23.9. The Bertz CT molecular complexity index is 1260. The predicted molar refractivity (Wildman–Crippen MR) is 136 cm³/mol. The topological polar surface area (TPSA) is 96.4 Å². The Balaban J connectivity index is 1.51. The maximum absolute atomic E-state index is 13.8. The van der Waals surface area contributed by atoms with Crippen LogP contribution in [-0.2, 0) is 19.2 Å². The van der Waals surface area contributed by atoms with Crippen LogP contribution in [0.4, 0.5) is 5.69 Å². The van der Waals surface area contributed by atoms with Gasteiger partial charge in [-0.05, 0) is 41.8 Å². The monoisotopic (exact) mass is 500 g/mol. The number of carboxylic acids is 1.